The van der Waals surface area contributed by atoms with Gasteiger partial charge in [-0.1, -0.05) is 12.1 Å². The van der Waals surface area contributed by atoms with Crippen molar-refractivity contribution in [2.45, 2.75) is 18.8 Å². The molecule has 1 saturated carbocycles. The van der Waals surface area contributed by atoms with Gasteiger partial charge >= 0.3 is 0 Å². The molecular weight excluding hydrogens is 254 g/mol. The fourth-order valence-electron chi connectivity index (χ4n) is 1.82. The number of nitrogens with zero attached hydrogens (tertiary/aromatic N) is 1. The lowest BCUT2D eigenvalue weighted by molar-refractivity contribution is 0.465. The Balaban J connectivity index is 2.30. The summed E-state index contributed by atoms with van der Waals surface area (Å²) in [7, 11) is 0. The second-order valence-corrected chi connectivity index (χ2v) is 4.83. The van der Waals surface area contributed by atoms with Crippen LogP contribution in [-0.4, -0.2) is 10.1 Å². The summed E-state index contributed by atoms with van der Waals surface area (Å²) in [6.07, 6.45) is 2.30. The number of pyridine rings is 1. The summed E-state index contributed by atoms with van der Waals surface area (Å²) in [5, 5.41) is 10.8. The second-order valence-electron chi connectivity index (χ2n) is 3.98. The quantitative estimate of drug-likeness (QED) is 0.853. The fourth-order valence-corrected chi connectivity index (χ4v) is 2.29. The van der Waals surface area contributed by atoms with Gasteiger partial charge in [0.05, 0.1) is 11.2 Å². The van der Waals surface area contributed by atoms with Crippen LogP contribution in [0.5, 0.6) is 5.75 Å². The van der Waals surface area contributed by atoms with Crippen molar-refractivity contribution in [1.82, 2.24) is 4.98 Å². The van der Waals surface area contributed by atoms with Crippen molar-refractivity contribution in [3.05, 3.63) is 34.4 Å². The van der Waals surface area contributed by atoms with E-state index in [2.05, 4.69) is 20.9 Å². The average Bonchev–Trinajstić information content (AvgIpc) is 3.01. The van der Waals surface area contributed by atoms with E-state index in [1.807, 2.05) is 18.2 Å². The molecule has 1 aliphatic carbocycles. The maximum absolute atomic E-state index is 9.83. The van der Waals surface area contributed by atoms with Crippen LogP contribution in [0.2, 0.25) is 0 Å². The van der Waals surface area contributed by atoms with Crippen LogP contribution in [0, 0.1) is 0 Å². The highest BCUT2D eigenvalue weighted by Gasteiger charge is 2.28. The van der Waals surface area contributed by atoms with E-state index >= 15 is 0 Å². The van der Waals surface area contributed by atoms with Gasteiger partial charge in [-0.05, 0) is 40.9 Å². The Hall–Kier alpha value is -1.09. The summed E-state index contributed by atoms with van der Waals surface area (Å²) in [6, 6.07) is 7.69. The van der Waals surface area contributed by atoms with Crippen molar-refractivity contribution in [3.8, 4) is 5.75 Å². The minimum atomic E-state index is 0.336. The molecule has 0 unspecified atom stereocenters. The van der Waals surface area contributed by atoms with Crippen LogP contribution >= 0.6 is 15.9 Å². The molecule has 0 radical (unpaired) electrons. The first-order valence-corrected chi connectivity index (χ1v) is 5.83. The van der Waals surface area contributed by atoms with Crippen LogP contribution in [-0.2, 0) is 0 Å². The van der Waals surface area contributed by atoms with Crippen LogP contribution in [0.4, 0.5) is 0 Å². The zero-order valence-electron chi connectivity index (χ0n) is 8.07. The highest BCUT2D eigenvalue weighted by molar-refractivity contribution is 9.10. The van der Waals surface area contributed by atoms with Crippen molar-refractivity contribution in [2.24, 2.45) is 0 Å². The zero-order chi connectivity index (χ0) is 10.4. The van der Waals surface area contributed by atoms with Crippen molar-refractivity contribution < 1.29 is 5.11 Å². The predicted molar refractivity (Wildman–Crippen MR) is 63.1 cm³/mol. The summed E-state index contributed by atoms with van der Waals surface area (Å²) < 4.78 is 0.988. The highest BCUT2D eigenvalue weighted by Crippen LogP contribution is 2.44. The van der Waals surface area contributed by atoms with Crippen LogP contribution in [0.25, 0.3) is 10.9 Å². The summed E-state index contributed by atoms with van der Waals surface area (Å²) in [5.41, 5.74) is 1.80. The summed E-state index contributed by atoms with van der Waals surface area (Å²) in [5.74, 6) is 0.810. The average molecular weight is 264 g/mol. The Kier molecular flexibility index (Phi) is 1.96. The van der Waals surface area contributed by atoms with Crippen LogP contribution in [0.15, 0.2) is 28.7 Å². The first-order chi connectivity index (χ1) is 7.25. The van der Waals surface area contributed by atoms with Gasteiger partial charge < -0.3 is 5.11 Å². The second kappa shape index (κ2) is 3.20. The van der Waals surface area contributed by atoms with Crippen molar-refractivity contribution in [3.63, 3.8) is 0 Å². The normalized spacial score (nSPS) is 15.8. The van der Waals surface area contributed by atoms with E-state index < -0.39 is 0 Å². The van der Waals surface area contributed by atoms with Gasteiger partial charge in [0.25, 0.3) is 0 Å². The van der Waals surface area contributed by atoms with Gasteiger partial charge in [-0.15, -0.1) is 0 Å². The molecule has 0 saturated heterocycles. The number of aromatic hydroxyl groups is 1. The molecule has 1 fully saturated rings. The summed E-state index contributed by atoms with van der Waals surface area (Å²) >= 11 is 3.48. The van der Waals surface area contributed by atoms with Crippen molar-refractivity contribution >= 4 is 26.8 Å². The number of rotatable bonds is 1. The lowest BCUT2D eigenvalue weighted by Gasteiger charge is -2.05. The third kappa shape index (κ3) is 1.51. The Morgan fingerprint density at radius 3 is 2.87 bits per heavy atom. The SMILES string of the molecule is Oc1cc2cccc(Br)c2nc1C1CC1. The smallest absolute Gasteiger partial charge is 0.138 e. The molecule has 2 nitrogen and oxygen atoms in total. The van der Waals surface area contributed by atoms with E-state index in [1.165, 1.54) is 0 Å². The van der Waals surface area contributed by atoms with Gasteiger partial charge in [-0.25, -0.2) is 4.98 Å². The topological polar surface area (TPSA) is 33.1 Å². The van der Waals surface area contributed by atoms with Crippen LogP contribution < -0.4 is 0 Å². The number of aromatic nitrogens is 1. The molecule has 0 amide bonds. The van der Waals surface area contributed by atoms with E-state index in [1.54, 1.807) is 6.07 Å². The third-order valence-corrected chi connectivity index (χ3v) is 3.41. The molecule has 15 heavy (non-hydrogen) atoms. The molecule has 0 bridgehead atoms. The molecule has 1 aromatic carbocycles. The molecule has 1 aliphatic rings. The molecule has 3 rings (SSSR count). The third-order valence-electron chi connectivity index (χ3n) is 2.77. The molecule has 76 valence electrons. The Labute approximate surface area is 96.1 Å². The van der Waals surface area contributed by atoms with Crippen molar-refractivity contribution in [2.75, 3.05) is 0 Å². The number of halogens is 1. The molecule has 2 aromatic rings. The maximum atomic E-state index is 9.83. The van der Waals surface area contributed by atoms with E-state index in [4.69, 9.17) is 0 Å². The molecular formula is C12H10BrNO. The van der Waals surface area contributed by atoms with Crippen LogP contribution in [0.3, 0.4) is 0 Å². The lowest BCUT2D eigenvalue weighted by atomic mass is 10.1. The largest absolute Gasteiger partial charge is 0.506 e. The molecule has 0 aliphatic heterocycles. The van der Waals surface area contributed by atoms with Gasteiger partial charge in [-0.2, -0.15) is 0 Å². The standard InChI is InChI=1S/C12H10BrNO/c13-9-3-1-2-8-6-10(15)12(7-4-5-7)14-11(8)9/h1-3,6-7,15H,4-5H2. The van der Waals surface area contributed by atoms with Crippen LogP contribution in [0.1, 0.15) is 24.5 Å². The van der Waals surface area contributed by atoms with E-state index in [0.29, 0.717) is 11.7 Å². The Bertz CT molecular complexity index is 534. The van der Waals surface area contributed by atoms with Gasteiger partial charge in [0.1, 0.15) is 5.75 Å². The summed E-state index contributed by atoms with van der Waals surface area (Å²) in [4.78, 5) is 4.54. The number of para-hydroxylation sites is 1. The highest BCUT2D eigenvalue weighted by atomic mass is 79.9. The summed E-state index contributed by atoms with van der Waals surface area (Å²) in [6.45, 7) is 0. The first-order valence-electron chi connectivity index (χ1n) is 5.04. The van der Waals surface area contributed by atoms with Gasteiger partial charge in [0.2, 0.25) is 0 Å². The lowest BCUT2D eigenvalue weighted by Crippen LogP contribution is -1.89. The first kappa shape index (κ1) is 9.16. The number of hydrogen-bond donors (Lipinski definition) is 1. The predicted octanol–water partition coefficient (Wildman–Crippen LogP) is 3.58. The van der Waals surface area contributed by atoms with E-state index in [0.717, 1.165) is 33.9 Å². The molecule has 3 heteroatoms. The van der Waals surface area contributed by atoms with Gasteiger partial charge in [0, 0.05) is 15.8 Å². The molecule has 1 heterocycles. The minimum Gasteiger partial charge on any atom is -0.506 e. The Morgan fingerprint density at radius 2 is 2.13 bits per heavy atom. The fraction of sp³-hybridized carbons (Fsp3) is 0.250. The number of fused-ring (bicyclic) bond motifs is 1. The van der Waals surface area contributed by atoms with E-state index in [-0.39, 0.29) is 0 Å². The molecule has 0 atom stereocenters. The van der Waals surface area contributed by atoms with E-state index in [9.17, 15) is 5.11 Å². The molecule has 1 aromatic heterocycles. The maximum Gasteiger partial charge on any atom is 0.138 e. The number of benzene rings is 1. The van der Waals surface area contributed by atoms with Gasteiger partial charge in [-0.3, -0.25) is 0 Å². The van der Waals surface area contributed by atoms with Crippen molar-refractivity contribution in [1.29, 1.82) is 0 Å². The Morgan fingerprint density at radius 1 is 1.33 bits per heavy atom. The molecule has 0 spiro atoms. The monoisotopic (exact) mass is 263 g/mol. The number of hydrogen-bond acceptors (Lipinski definition) is 2. The van der Waals surface area contributed by atoms with Gasteiger partial charge in [0.15, 0.2) is 0 Å². The minimum absolute atomic E-state index is 0.336. The molecule has 1 N–H and O–H groups in total. The zero-order valence-corrected chi connectivity index (χ0v) is 9.66.